The van der Waals surface area contributed by atoms with E-state index in [1.165, 1.54) is 0 Å². The van der Waals surface area contributed by atoms with E-state index in [4.69, 9.17) is 0 Å². The molecule has 3 nitrogen and oxygen atoms in total. The third kappa shape index (κ3) is 2.46. The lowest BCUT2D eigenvalue weighted by atomic mass is 9.78. The summed E-state index contributed by atoms with van der Waals surface area (Å²) in [7, 11) is 1.88. The van der Waals surface area contributed by atoms with Gasteiger partial charge < -0.3 is 5.32 Å². The van der Waals surface area contributed by atoms with Crippen LogP contribution in [0.25, 0.3) is 0 Å². The van der Waals surface area contributed by atoms with E-state index in [2.05, 4.69) is 24.1 Å². The Morgan fingerprint density at radius 2 is 2.22 bits per heavy atom. The van der Waals surface area contributed by atoms with Gasteiger partial charge in [-0.2, -0.15) is 0 Å². The second-order valence-corrected chi connectivity index (χ2v) is 5.84. The van der Waals surface area contributed by atoms with Crippen molar-refractivity contribution in [2.75, 3.05) is 7.05 Å². The molecule has 3 heteroatoms. The Hall–Kier alpha value is -1.22. The summed E-state index contributed by atoms with van der Waals surface area (Å²) in [6.07, 6.45) is 6.70. The molecule has 0 spiro atoms. The van der Waals surface area contributed by atoms with Crippen molar-refractivity contribution >= 4 is 5.78 Å². The third-order valence-electron chi connectivity index (χ3n) is 4.10. The molecule has 0 saturated heterocycles. The number of nitrogens with one attached hydrogen (secondary N) is 1. The van der Waals surface area contributed by atoms with Gasteiger partial charge >= 0.3 is 0 Å². The zero-order valence-corrected chi connectivity index (χ0v) is 11.4. The Morgan fingerprint density at radius 1 is 1.44 bits per heavy atom. The van der Waals surface area contributed by atoms with Gasteiger partial charge in [-0.3, -0.25) is 9.78 Å². The second kappa shape index (κ2) is 5.19. The van der Waals surface area contributed by atoms with Crippen LogP contribution < -0.4 is 5.32 Å². The van der Waals surface area contributed by atoms with Crippen LogP contribution in [-0.2, 0) is 4.79 Å². The average molecular weight is 246 g/mol. The number of ketones is 1. The molecule has 1 aromatic rings. The molecule has 1 heterocycles. The van der Waals surface area contributed by atoms with Gasteiger partial charge in [0.2, 0.25) is 0 Å². The molecule has 2 rings (SSSR count). The number of likely N-dealkylation sites (N-methyl/N-ethyl adjacent to an activating group) is 1. The van der Waals surface area contributed by atoms with E-state index in [-0.39, 0.29) is 17.4 Å². The molecule has 1 saturated carbocycles. The number of pyridine rings is 1. The highest BCUT2D eigenvalue weighted by atomic mass is 16.1. The number of Topliss-reactive ketones (excluding diaryl/α,β-unsaturated/α-hetero) is 1. The second-order valence-electron chi connectivity index (χ2n) is 5.84. The fourth-order valence-electron chi connectivity index (χ4n) is 3.08. The van der Waals surface area contributed by atoms with Crippen molar-refractivity contribution in [3.8, 4) is 0 Å². The van der Waals surface area contributed by atoms with Gasteiger partial charge in [0.25, 0.3) is 0 Å². The van der Waals surface area contributed by atoms with E-state index in [1.807, 2.05) is 25.4 Å². The molecule has 0 aromatic carbocycles. The first-order valence-corrected chi connectivity index (χ1v) is 6.67. The van der Waals surface area contributed by atoms with Gasteiger partial charge in [-0.15, -0.1) is 0 Å². The largest absolute Gasteiger partial charge is 0.310 e. The van der Waals surface area contributed by atoms with Crippen LogP contribution in [0.1, 0.15) is 44.6 Å². The Morgan fingerprint density at radius 3 is 2.83 bits per heavy atom. The highest BCUT2D eigenvalue weighted by Gasteiger charge is 2.40. The molecular formula is C15H22N2O. The lowest BCUT2D eigenvalue weighted by Gasteiger charge is -2.32. The van der Waals surface area contributed by atoms with Gasteiger partial charge in [0, 0.05) is 18.3 Å². The van der Waals surface area contributed by atoms with E-state index < -0.39 is 0 Å². The Balaban J connectivity index is 2.31. The van der Waals surface area contributed by atoms with Crippen molar-refractivity contribution < 1.29 is 4.79 Å². The molecule has 0 bridgehead atoms. The third-order valence-corrected chi connectivity index (χ3v) is 4.10. The molecular weight excluding hydrogens is 224 g/mol. The molecule has 18 heavy (non-hydrogen) atoms. The molecule has 1 fully saturated rings. The van der Waals surface area contributed by atoms with Crippen LogP contribution in [0.4, 0.5) is 0 Å². The molecule has 0 aliphatic heterocycles. The molecule has 1 aliphatic rings. The molecule has 0 amide bonds. The number of hydrogen-bond acceptors (Lipinski definition) is 3. The molecule has 0 radical (unpaired) electrons. The zero-order chi connectivity index (χ0) is 13.2. The quantitative estimate of drug-likeness (QED) is 0.815. The van der Waals surface area contributed by atoms with Gasteiger partial charge in [0.15, 0.2) is 5.78 Å². The highest BCUT2D eigenvalue weighted by molar-refractivity contribution is 5.91. The van der Waals surface area contributed by atoms with E-state index in [1.54, 1.807) is 6.20 Å². The van der Waals surface area contributed by atoms with Crippen LogP contribution in [0.3, 0.4) is 0 Å². The standard InChI is InChI=1S/C15H22N2O/c1-15(2)8-4-7-12(13(18)14(15)16-3)11-6-5-9-17-10-11/h5-6,9-10,12,14,16H,4,7-8H2,1-3H3. The number of carbonyl (C=O) groups is 1. The first-order valence-electron chi connectivity index (χ1n) is 6.67. The maximum Gasteiger partial charge on any atom is 0.157 e. The van der Waals surface area contributed by atoms with Gasteiger partial charge in [0.05, 0.1) is 6.04 Å². The first-order chi connectivity index (χ1) is 8.56. The van der Waals surface area contributed by atoms with Crippen molar-refractivity contribution in [3.05, 3.63) is 30.1 Å². The summed E-state index contributed by atoms with van der Waals surface area (Å²) in [6, 6.07) is 3.86. The van der Waals surface area contributed by atoms with Crippen molar-refractivity contribution in [1.82, 2.24) is 10.3 Å². The van der Waals surface area contributed by atoms with Crippen molar-refractivity contribution in [1.29, 1.82) is 0 Å². The molecule has 2 unspecified atom stereocenters. The number of hydrogen-bond donors (Lipinski definition) is 1. The summed E-state index contributed by atoms with van der Waals surface area (Å²) >= 11 is 0. The van der Waals surface area contributed by atoms with Crippen LogP contribution in [-0.4, -0.2) is 23.9 Å². The van der Waals surface area contributed by atoms with E-state index in [9.17, 15) is 4.79 Å². The molecule has 1 N–H and O–H groups in total. The van der Waals surface area contributed by atoms with Crippen molar-refractivity contribution in [3.63, 3.8) is 0 Å². The average Bonchev–Trinajstić information content (AvgIpc) is 2.46. The number of rotatable bonds is 2. The summed E-state index contributed by atoms with van der Waals surface area (Å²) in [5.74, 6) is 0.311. The van der Waals surface area contributed by atoms with Crippen molar-refractivity contribution in [2.24, 2.45) is 5.41 Å². The van der Waals surface area contributed by atoms with Crippen LogP contribution in [0.15, 0.2) is 24.5 Å². The van der Waals surface area contributed by atoms with Gasteiger partial charge in [-0.25, -0.2) is 0 Å². The predicted octanol–water partition coefficient (Wildman–Crippen LogP) is 2.53. The van der Waals surface area contributed by atoms with Gasteiger partial charge in [0.1, 0.15) is 0 Å². The first kappa shape index (κ1) is 13.2. The van der Waals surface area contributed by atoms with Crippen LogP contribution >= 0.6 is 0 Å². The number of carbonyl (C=O) groups excluding carboxylic acids is 1. The Labute approximate surface area is 109 Å². The number of nitrogens with zero attached hydrogens (tertiary/aromatic N) is 1. The minimum absolute atomic E-state index is 0.00192. The topological polar surface area (TPSA) is 42.0 Å². The molecule has 2 atom stereocenters. The summed E-state index contributed by atoms with van der Waals surface area (Å²) in [6.45, 7) is 4.36. The van der Waals surface area contributed by atoms with Gasteiger partial charge in [-0.05, 0) is 36.9 Å². The molecule has 98 valence electrons. The highest BCUT2D eigenvalue weighted by Crippen LogP contribution is 2.38. The molecule has 1 aromatic heterocycles. The smallest absolute Gasteiger partial charge is 0.157 e. The fourth-order valence-corrected chi connectivity index (χ4v) is 3.08. The lowest BCUT2D eigenvalue weighted by Crippen LogP contribution is -2.46. The molecule has 1 aliphatic carbocycles. The monoisotopic (exact) mass is 246 g/mol. The van der Waals surface area contributed by atoms with Crippen molar-refractivity contribution in [2.45, 2.75) is 45.1 Å². The summed E-state index contributed by atoms with van der Waals surface area (Å²) < 4.78 is 0. The maximum absolute atomic E-state index is 12.7. The maximum atomic E-state index is 12.7. The predicted molar refractivity (Wildman–Crippen MR) is 72.5 cm³/mol. The number of aromatic nitrogens is 1. The summed E-state index contributed by atoms with van der Waals surface area (Å²) in [5, 5.41) is 3.21. The van der Waals surface area contributed by atoms with Gasteiger partial charge in [-0.1, -0.05) is 26.3 Å². The lowest BCUT2D eigenvalue weighted by molar-refractivity contribution is -0.124. The Bertz CT molecular complexity index is 414. The van der Waals surface area contributed by atoms with E-state index >= 15 is 0 Å². The summed E-state index contributed by atoms with van der Waals surface area (Å²) in [5.41, 5.74) is 1.09. The van der Waals surface area contributed by atoms with Crippen LogP contribution in [0.2, 0.25) is 0 Å². The normalized spacial score (nSPS) is 27.8. The van der Waals surface area contributed by atoms with Crippen LogP contribution in [0, 0.1) is 5.41 Å². The fraction of sp³-hybridized carbons (Fsp3) is 0.600. The Kier molecular flexibility index (Phi) is 3.81. The summed E-state index contributed by atoms with van der Waals surface area (Å²) in [4.78, 5) is 16.8. The van der Waals surface area contributed by atoms with Crippen LogP contribution in [0.5, 0.6) is 0 Å². The van der Waals surface area contributed by atoms with E-state index in [0.29, 0.717) is 5.78 Å². The SMILES string of the molecule is CNC1C(=O)C(c2cccnc2)CCCC1(C)C. The van der Waals surface area contributed by atoms with E-state index in [0.717, 1.165) is 24.8 Å². The minimum Gasteiger partial charge on any atom is -0.310 e. The minimum atomic E-state index is -0.0646. The zero-order valence-electron chi connectivity index (χ0n) is 11.4.